The molecule has 9 rings (SSSR count). The number of amidine groups is 1. The highest BCUT2D eigenvalue weighted by Crippen LogP contribution is 2.47. The molecule has 6 heteroatoms. The van der Waals surface area contributed by atoms with E-state index in [1.165, 1.54) is 5.56 Å². The lowest BCUT2D eigenvalue weighted by molar-refractivity contribution is 0.263. The van der Waals surface area contributed by atoms with Crippen molar-refractivity contribution in [2.75, 3.05) is 5.32 Å². The van der Waals surface area contributed by atoms with Gasteiger partial charge in [-0.1, -0.05) is 127 Å². The van der Waals surface area contributed by atoms with Gasteiger partial charge in [-0.15, -0.1) is 0 Å². The second-order valence-electron chi connectivity index (χ2n) is 11.7. The van der Waals surface area contributed by atoms with Crippen LogP contribution in [0.1, 0.15) is 40.8 Å². The Morgan fingerprint density at radius 3 is 2.09 bits per heavy atom. The van der Waals surface area contributed by atoms with Crippen LogP contribution in [-0.2, 0) is 0 Å². The summed E-state index contributed by atoms with van der Waals surface area (Å²) in [5.74, 6) is 1.63. The van der Waals surface area contributed by atoms with Crippen LogP contribution in [0.2, 0.25) is 0 Å². The molecular weight excluding hydrogens is 568 g/mol. The van der Waals surface area contributed by atoms with Crippen molar-refractivity contribution in [1.82, 2.24) is 10.6 Å². The Morgan fingerprint density at radius 2 is 1.28 bits per heavy atom. The Hall–Kier alpha value is -5.85. The number of benzene rings is 6. The third kappa shape index (κ3) is 4.59. The number of fused-ring (bicyclic) bond motifs is 5. The van der Waals surface area contributed by atoms with Crippen molar-refractivity contribution >= 4 is 33.5 Å². The fourth-order valence-corrected chi connectivity index (χ4v) is 6.56. The number of hydrogen-bond donors (Lipinski definition) is 3. The van der Waals surface area contributed by atoms with Crippen molar-refractivity contribution in [3.8, 4) is 16.9 Å². The topological polar surface area (TPSA) is 70.8 Å². The van der Waals surface area contributed by atoms with Crippen LogP contribution in [0.25, 0.3) is 33.1 Å². The molecule has 0 saturated carbocycles. The van der Waals surface area contributed by atoms with Gasteiger partial charge in [-0.05, 0) is 34.9 Å². The number of hydrogen-bond acceptors (Lipinski definition) is 6. The van der Waals surface area contributed by atoms with Crippen LogP contribution in [0, 0.1) is 0 Å². The summed E-state index contributed by atoms with van der Waals surface area (Å²) in [5.41, 5.74) is 9.03. The van der Waals surface area contributed by atoms with Gasteiger partial charge in [0.1, 0.15) is 29.3 Å². The van der Waals surface area contributed by atoms with Crippen LogP contribution < -0.4 is 20.7 Å². The van der Waals surface area contributed by atoms with Gasteiger partial charge < -0.3 is 19.8 Å². The summed E-state index contributed by atoms with van der Waals surface area (Å²) in [6.07, 6.45) is -0.788. The molecule has 222 valence electrons. The number of rotatable bonds is 5. The number of anilines is 1. The van der Waals surface area contributed by atoms with Gasteiger partial charge in [0.15, 0.2) is 12.0 Å². The quantitative estimate of drug-likeness (QED) is 0.184. The summed E-state index contributed by atoms with van der Waals surface area (Å²) >= 11 is 0. The summed E-state index contributed by atoms with van der Waals surface area (Å²) < 4.78 is 13.2. The predicted octanol–water partition coefficient (Wildman–Crippen LogP) is 9.09. The van der Waals surface area contributed by atoms with E-state index in [9.17, 15) is 0 Å². The number of aliphatic imine (C=N–C) groups is 1. The first-order valence-corrected chi connectivity index (χ1v) is 15.6. The zero-order valence-electron chi connectivity index (χ0n) is 24.9. The van der Waals surface area contributed by atoms with Gasteiger partial charge in [0.25, 0.3) is 0 Å². The fraction of sp³-hybridized carbons (Fsp3) is 0.0750. The molecule has 3 unspecified atom stereocenters. The van der Waals surface area contributed by atoms with Crippen LogP contribution in [0.15, 0.2) is 155 Å². The molecule has 46 heavy (non-hydrogen) atoms. The summed E-state index contributed by atoms with van der Waals surface area (Å²) in [7, 11) is 0. The summed E-state index contributed by atoms with van der Waals surface area (Å²) in [5, 5.41) is 12.9. The van der Waals surface area contributed by atoms with Crippen molar-refractivity contribution < 1.29 is 9.15 Å². The molecule has 0 radical (unpaired) electrons. The lowest BCUT2D eigenvalue weighted by atomic mass is 10.0. The molecule has 0 amide bonds. The van der Waals surface area contributed by atoms with Gasteiger partial charge in [0, 0.05) is 22.1 Å². The molecule has 0 saturated heterocycles. The highest BCUT2D eigenvalue weighted by atomic mass is 16.5. The van der Waals surface area contributed by atoms with Gasteiger partial charge in [-0.2, -0.15) is 0 Å². The predicted molar refractivity (Wildman–Crippen MR) is 184 cm³/mol. The molecule has 3 heterocycles. The highest BCUT2D eigenvalue weighted by molar-refractivity contribution is 6.11. The normalized spacial score (nSPS) is 18.8. The number of nitrogens with one attached hydrogen (secondary N) is 3. The van der Waals surface area contributed by atoms with Crippen LogP contribution in [0.4, 0.5) is 5.69 Å². The van der Waals surface area contributed by atoms with E-state index in [1.54, 1.807) is 0 Å². The van der Waals surface area contributed by atoms with Crippen molar-refractivity contribution in [2.24, 2.45) is 4.99 Å². The third-order valence-electron chi connectivity index (χ3n) is 8.81. The molecule has 7 aromatic rings. The van der Waals surface area contributed by atoms with E-state index >= 15 is 0 Å². The van der Waals surface area contributed by atoms with E-state index in [-0.39, 0.29) is 18.6 Å². The molecule has 0 fully saturated rings. The van der Waals surface area contributed by atoms with Crippen LogP contribution in [0.5, 0.6) is 5.75 Å². The molecule has 0 bridgehead atoms. The Morgan fingerprint density at radius 1 is 0.587 bits per heavy atom. The molecule has 2 aliphatic rings. The van der Waals surface area contributed by atoms with Crippen LogP contribution in [0.3, 0.4) is 0 Å². The molecule has 0 spiro atoms. The number of nitrogens with zero attached hydrogens (tertiary/aromatic N) is 1. The SMILES string of the molecule is c1ccc(-c2cccc(C3=NC(c4cccc5c4oc4ccc6c(c45)OC(c4ccccc4)N6)NC(c4ccccc4)N3)c2)cc1. The molecule has 3 N–H and O–H groups in total. The maximum atomic E-state index is 6.62. The van der Waals surface area contributed by atoms with Crippen molar-refractivity contribution in [3.05, 3.63) is 168 Å². The van der Waals surface area contributed by atoms with E-state index in [4.69, 9.17) is 14.1 Å². The fourth-order valence-electron chi connectivity index (χ4n) is 6.56. The smallest absolute Gasteiger partial charge is 0.196 e. The standard InChI is InChI=1S/C40H30N4O2/c1-4-12-25(13-5-1)28-18-10-19-29(24-28)38-42-37(26-14-6-2-7-15-26)43-39(44-38)31-21-11-20-30-34-33(45-35(30)31)23-22-32-36(34)46-40(41-32)27-16-8-3-9-17-27/h1-24,37,39-41,43H,(H,42,44). The average molecular weight is 599 g/mol. The van der Waals surface area contributed by atoms with Crippen molar-refractivity contribution in [1.29, 1.82) is 0 Å². The van der Waals surface area contributed by atoms with Crippen molar-refractivity contribution in [2.45, 2.75) is 18.6 Å². The van der Waals surface area contributed by atoms with Crippen molar-refractivity contribution in [3.63, 3.8) is 0 Å². The molecular formula is C40H30N4O2. The third-order valence-corrected chi connectivity index (χ3v) is 8.81. The molecule has 0 aliphatic carbocycles. The Balaban J connectivity index is 1.15. The maximum absolute atomic E-state index is 6.62. The minimum Gasteiger partial charge on any atom is -0.464 e. The number of furan rings is 1. The first-order chi connectivity index (χ1) is 22.8. The summed E-state index contributed by atoms with van der Waals surface area (Å²) in [6, 6.07) is 49.9. The lowest BCUT2D eigenvalue weighted by Gasteiger charge is -2.32. The molecule has 2 aliphatic heterocycles. The first kappa shape index (κ1) is 26.5. The van der Waals surface area contributed by atoms with Gasteiger partial charge in [-0.25, -0.2) is 4.99 Å². The van der Waals surface area contributed by atoms with E-state index in [0.29, 0.717) is 0 Å². The van der Waals surface area contributed by atoms with Gasteiger partial charge in [0.2, 0.25) is 0 Å². The first-order valence-electron chi connectivity index (χ1n) is 15.6. The zero-order chi connectivity index (χ0) is 30.5. The van der Waals surface area contributed by atoms with Gasteiger partial charge >= 0.3 is 0 Å². The monoisotopic (exact) mass is 598 g/mol. The van der Waals surface area contributed by atoms with E-state index in [0.717, 1.165) is 67.0 Å². The number of ether oxygens (including phenoxy) is 1. The summed E-state index contributed by atoms with van der Waals surface area (Å²) in [6.45, 7) is 0. The minimum atomic E-state index is -0.366. The maximum Gasteiger partial charge on any atom is 0.196 e. The average Bonchev–Trinajstić information content (AvgIpc) is 3.74. The second kappa shape index (κ2) is 10.9. The Bertz CT molecular complexity index is 2230. The molecule has 6 aromatic carbocycles. The van der Waals surface area contributed by atoms with E-state index in [1.807, 2.05) is 42.5 Å². The molecule has 3 atom stereocenters. The Labute approximate surface area is 266 Å². The van der Waals surface area contributed by atoms with E-state index < -0.39 is 0 Å². The van der Waals surface area contributed by atoms with Gasteiger partial charge in [0.05, 0.1) is 11.1 Å². The largest absolute Gasteiger partial charge is 0.464 e. The molecule has 1 aromatic heterocycles. The minimum absolute atomic E-state index is 0.165. The summed E-state index contributed by atoms with van der Waals surface area (Å²) in [4.78, 5) is 5.27. The highest BCUT2D eigenvalue weighted by Gasteiger charge is 2.31. The number of para-hydroxylation sites is 1. The zero-order valence-corrected chi connectivity index (χ0v) is 24.9. The van der Waals surface area contributed by atoms with Crippen LogP contribution >= 0.6 is 0 Å². The second-order valence-corrected chi connectivity index (χ2v) is 11.7. The Kier molecular flexibility index (Phi) is 6.32. The van der Waals surface area contributed by atoms with Crippen LogP contribution in [-0.4, -0.2) is 5.84 Å². The van der Waals surface area contributed by atoms with Gasteiger partial charge in [-0.3, -0.25) is 5.32 Å². The molecule has 6 nitrogen and oxygen atoms in total. The lowest BCUT2D eigenvalue weighted by Crippen LogP contribution is -2.45. The van der Waals surface area contributed by atoms with E-state index in [2.05, 4.69) is 119 Å².